The van der Waals surface area contributed by atoms with Gasteiger partial charge in [-0.3, -0.25) is 4.79 Å². The molecule has 1 aliphatic heterocycles. The van der Waals surface area contributed by atoms with E-state index in [9.17, 15) is 4.79 Å². The smallest absolute Gasteiger partial charge is 0.261 e. The van der Waals surface area contributed by atoms with Gasteiger partial charge in [-0.15, -0.1) is 0 Å². The third-order valence-corrected chi connectivity index (χ3v) is 8.13. The fourth-order valence-corrected chi connectivity index (χ4v) is 6.00. The van der Waals surface area contributed by atoms with Gasteiger partial charge >= 0.3 is 0 Å². The number of hydrogen-bond acceptors (Lipinski definition) is 5. The van der Waals surface area contributed by atoms with Crippen molar-refractivity contribution in [2.75, 3.05) is 27.4 Å². The van der Waals surface area contributed by atoms with Crippen molar-refractivity contribution in [1.82, 2.24) is 14.3 Å². The lowest BCUT2D eigenvalue weighted by molar-refractivity contribution is -0.135. The lowest BCUT2D eigenvalue weighted by Gasteiger charge is -2.36. The van der Waals surface area contributed by atoms with Crippen LogP contribution in [0.4, 0.5) is 0 Å². The highest BCUT2D eigenvalue weighted by Gasteiger charge is 2.36. The average molecular weight is 570 g/mol. The number of pyridine rings is 1. The summed E-state index contributed by atoms with van der Waals surface area (Å²) in [5, 5.41) is 2.19. The number of ether oxygens (including phenoxy) is 3. The van der Waals surface area contributed by atoms with Crippen LogP contribution >= 0.6 is 0 Å². The molecule has 0 bridgehead atoms. The lowest BCUT2D eigenvalue weighted by Crippen LogP contribution is -2.43. The van der Waals surface area contributed by atoms with E-state index < -0.39 is 6.04 Å². The van der Waals surface area contributed by atoms with E-state index in [0.29, 0.717) is 30.2 Å². The molecule has 7 rings (SSSR count). The Kier molecular flexibility index (Phi) is 6.91. The Morgan fingerprint density at radius 1 is 0.814 bits per heavy atom. The Balaban J connectivity index is 1.29. The summed E-state index contributed by atoms with van der Waals surface area (Å²) in [5.74, 6) is 1.79. The number of benzene rings is 4. The number of amides is 1. The molecule has 1 aliphatic rings. The number of carbonyl (C=O) groups excluding carboxylic acids is 1. The zero-order valence-corrected chi connectivity index (χ0v) is 24.1. The summed E-state index contributed by atoms with van der Waals surface area (Å²) in [6, 6.07) is 33.8. The molecule has 1 atom stereocenters. The predicted octanol–water partition coefficient (Wildman–Crippen LogP) is 6.72. The minimum Gasteiger partial charge on any atom is -0.493 e. The standard InChI is InChI=1S/C36H31N3O4/c1-41-31-16-13-27(21-32(31)42-2)35-36-30(37-33-17-14-28(22-39(33)36)24-8-4-3-5-9-24)18-19-38(35)34(40)23-43-29-15-12-25-10-6-7-11-26(25)20-29/h3-17,20-22,35H,18-19,23H2,1-2H3. The van der Waals surface area contributed by atoms with Crippen LogP contribution < -0.4 is 14.2 Å². The van der Waals surface area contributed by atoms with Gasteiger partial charge in [0.2, 0.25) is 0 Å². The molecular formula is C36H31N3O4. The van der Waals surface area contributed by atoms with Crippen LogP contribution in [-0.2, 0) is 11.2 Å². The number of imidazole rings is 1. The van der Waals surface area contributed by atoms with E-state index in [4.69, 9.17) is 19.2 Å². The summed E-state index contributed by atoms with van der Waals surface area (Å²) in [7, 11) is 3.24. The second-order valence-corrected chi connectivity index (χ2v) is 10.6. The number of aromatic nitrogens is 2. The average Bonchev–Trinajstić information content (AvgIpc) is 3.44. The molecule has 7 nitrogen and oxygen atoms in total. The third-order valence-electron chi connectivity index (χ3n) is 8.13. The number of rotatable bonds is 7. The number of methoxy groups -OCH3 is 2. The highest BCUT2D eigenvalue weighted by molar-refractivity contribution is 5.84. The Morgan fingerprint density at radius 3 is 2.42 bits per heavy atom. The molecule has 0 fully saturated rings. The predicted molar refractivity (Wildman–Crippen MR) is 167 cm³/mol. The second kappa shape index (κ2) is 11.2. The molecule has 0 spiro atoms. The fraction of sp³-hybridized carbons (Fsp3) is 0.167. The van der Waals surface area contributed by atoms with Gasteiger partial charge in [0.1, 0.15) is 11.4 Å². The van der Waals surface area contributed by atoms with E-state index >= 15 is 0 Å². The van der Waals surface area contributed by atoms with Crippen LogP contribution in [0, 0.1) is 0 Å². The summed E-state index contributed by atoms with van der Waals surface area (Å²) in [6.07, 6.45) is 2.76. The lowest BCUT2D eigenvalue weighted by atomic mass is 9.94. The summed E-state index contributed by atoms with van der Waals surface area (Å²) in [6.45, 7) is 0.435. The minimum absolute atomic E-state index is 0.0799. The molecule has 6 aromatic rings. The quantitative estimate of drug-likeness (QED) is 0.213. The van der Waals surface area contributed by atoms with Crippen LogP contribution in [0.1, 0.15) is 23.0 Å². The first-order valence-electron chi connectivity index (χ1n) is 14.3. The summed E-state index contributed by atoms with van der Waals surface area (Å²) in [4.78, 5) is 20.9. The maximum Gasteiger partial charge on any atom is 0.261 e. The molecule has 0 saturated heterocycles. The fourth-order valence-electron chi connectivity index (χ4n) is 6.00. The summed E-state index contributed by atoms with van der Waals surface area (Å²) >= 11 is 0. The Labute approximate surface area is 249 Å². The van der Waals surface area contributed by atoms with E-state index in [1.807, 2.05) is 83.8 Å². The molecule has 0 radical (unpaired) electrons. The molecule has 1 amide bonds. The van der Waals surface area contributed by atoms with Crippen LogP contribution in [-0.4, -0.2) is 47.6 Å². The van der Waals surface area contributed by atoms with Crippen molar-refractivity contribution in [3.8, 4) is 28.4 Å². The van der Waals surface area contributed by atoms with Gasteiger partial charge in [-0.25, -0.2) is 4.98 Å². The van der Waals surface area contributed by atoms with E-state index in [1.54, 1.807) is 14.2 Å². The first kappa shape index (κ1) is 26.6. The normalized spacial score (nSPS) is 14.5. The number of hydrogen-bond donors (Lipinski definition) is 0. The highest BCUT2D eigenvalue weighted by atomic mass is 16.5. The van der Waals surface area contributed by atoms with Crippen molar-refractivity contribution >= 4 is 22.3 Å². The van der Waals surface area contributed by atoms with Gasteiger partial charge in [0.15, 0.2) is 18.1 Å². The van der Waals surface area contributed by atoms with Crippen molar-refractivity contribution in [3.63, 3.8) is 0 Å². The molecular weight excluding hydrogens is 538 g/mol. The van der Waals surface area contributed by atoms with Crippen LogP contribution in [0.25, 0.3) is 27.5 Å². The maximum absolute atomic E-state index is 14.0. The number of nitrogens with zero attached hydrogens (tertiary/aromatic N) is 3. The molecule has 4 aromatic carbocycles. The summed E-state index contributed by atoms with van der Waals surface area (Å²) in [5.41, 5.74) is 5.88. The molecule has 0 N–H and O–H groups in total. The molecule has 7 heteroatoms. The highest BCUT2D eigenvalue weighted by Crippen LogP contribution is 2.40. The van der Waals surface area contributed by atoms with E-state index in [2.05, 4.69) is 34.9 Å². The topological polar surface area (TPSA) is 65.3 Å². The first-order chi connectivity index (χ1) is 21.1. The molecule has 0 saturated carbocycles. The van der Waals surface area contributed by atoms with Gasteiger partial charge < -0.3 is 23.5 Å². The Hall–Kier alpha value is -5.30. The SMILES string of the molecule is COc1ccc(C2c3c(nc4ccc(-c5ccccc5)cn34)CCN2C(=O)COc2ccc3ccccc3c2)cc1OC. The van der Waals surface area contributed by atoms with Gasteiger partial charge in [0.05, 0.1) is 31.6 Å². The molecule has 2 aromatic heterocycles. The van der Waals surface area contributed by atoms with Crippen LogP contribution in [0.5, 0.6) is 17.2 Å². The van der Waals surface area contributed by atoms with Gasteiger partial charge in [-0.05, 0) is 63.9 Å². The van der Waals surface area contributed by atoms with E-state index in [0.717, 1.165) is 44.5 Å². The molecule has 43 heavy (non-hydrogen) atoms. The monoisotopic (exact) mass is 569 g/mol. The third kappa shape index (κ3) is 4.93. The van der Waals surface area contributed by atoms with Gasteiger partial charge in [-0.1, -0.05) is 66.7 Å². The van der Waals surface area contributed by atoms with Crippen LogP contribution in [0.3, 0.4) is 0 Å². The second-order valence-electron chi connectivity index (χ2n) is 10.6. The van der Waals surface area contributed by atoms with Gasteiger partial charge in [0, 0.05) is 19.2 Å². The number of fused-ring (bicyclic) bond motifs is 4. The van der Waals surface area contributed by atoms with Gasteiger partial charge in [0.25, 0.3) is 5.91 Å². The Morgan fingerprint density at radius 2 is 1.60 bits per heavy atom. The van der Waals surface area contributed by atoms with Gasteiger partial charge in [-0.2, -0.15) is 0 Å². The van der Waals surface area contributed by atoms with E-state index in [-0.39, 0.29) is 12.5 Å². The first-order valence-corrected chi connectivity index (χ1v) is 14.3. The molecule has 3 heterocycles. The van der Waals surface area contributed by atoms with Crippen molar-refractivity contribution in [2.45, 2.75) is 12.5 Å². The van der Waals surface area contributed by atoms with Crippen LogP contribution in [0.15, 0.2) is 109 Å². The molecule has 0 aliphatic carbocycles. The van der Waals surface area contributed by atoms with Crippen molar-refractivity contribution in [1.29, 1.82) is 0 Å². The Bertz CT molecular complexity index is 1950. The van der Waals surface area contributed by atoms with Crippen molar-refractivity contribution < 1.29 is 19.0 Å². The number of carbonyl (C=O) groups is 1. The zero-order chi connectivity index (χ0) is 29.3. The van der Waals surface area contributed by atoms with Crippen LogP contribution in [0.2, 0.25) is 0 Å². The maximum atomic E-state index is 14.0. The van der Waals surface area contributed by atoms with Crippen molar-refractivity contribution in [2.24, 2.45) is 0 Å². The van der Waals surface area contributed by atoms with Crippen molar-refractivity contribution in [3.05, 3.63) is 126 Å². The summed E-state index contributed by atoms with van der Waals surface area (Å²) < 4.78 is 19.4. The molecule has 1 unspecified atom stereocenters. The molecule has 214 valence electrons. The minimum atomic E-state index is -0.405. The largest absolute Gasteiger partial charge is 0.493 e. The van der Waals surface area contributed by atoms with E-state index in [1.165, 1.54) is 0 Å². The zero-order valence-electron chi connectivity index (χ0n) is 24.1.